The van der Waals surface area contributed by atoms with Crippen LogP contribution in [0.2, 0.25) is 0 Å². The minimum Gasteiger partial charge on any atom is -0.310 e. The highest BCUT2D eigenvalue weighted by atomic mass is 15.2. The predicted molar refractivity (Wildman–Crippen MR) is 484 cm³/mol. The van der Waals surface area contributed by atoms with Gasteiger partial charge < -0.3 is 18.9 Å². The molecule has 4 saturated carbocycles. The first-order valence-electron chi connectivity index (χ1n) is 43.2. The highest BCUT2D eigenvalue weighted by Crippen LogP contribution is 2.56. The largest absolute Gasteiger partial charge is 0.310 e. The van der Waals surface area contributed by atoms with E-state index in [0.29, 0.717) is 34.9 Å². The zero-order valence-corrected chi connectivity index (χ0v) is 66.6. The first kappa shape index (κ1) is 70.9. The highest BCUT2D eigenvalue weighted by molar-refractivity contribution is 7.00. The lowest BCUT2D eigenvalue weighted by Gasteiger charge is -2.46. The lowest BCUT2D eigenvalue weighted by Crippen LogP contribution is -2.61. The van der Waals surface area contributed by atoms with Crippen molar-refractivity contribution < 1.29 is 0 Å². The summed E-state index contributed by atoms with van der Waals surface area (Å²) in [6, 6.07) is 105. The summed E-state index contributed by atoms with van der Waals surface area (Å²) in [5, 5.41) is 16.8. The van der Waals surface area contributed by atoms with E-state index in [4.69, 9.17) is 6.57 Å². The van der Waals surface area contributed by atoms with Crippen molar-refractivity contribution in [2.24, 2.45) is 0 Å². The van der Waals surface area contributed by atoms with Gasteiger partial charge >= 0.3 is 0 Å². The van der Waals surface area contributed by atoms with E-state index in [-0.39, 0.29) is 12.1 Å². The molecule has 0 amide bonds. The molecule has 0 unspecified atom stereocenters. The quantitative estimate of drug-likeness (QED) is 0.0904. The van der Waals surface area contributed by atoms with Crippen LogP contribution in [0.4, 0.5) is 39.8 Å². The molecule has 0 saturated heterocycles. The van der Waals surface area contributed by atoms with E-state index in [0.717, 1.165) is 90.0 Å². The van der Waals surface area contributed by atoms with Crippen LogP contribution in [0.15, 0.2) is 267 Å². The summed E-state index contributed by atoms with van der Waals surface area (Å²) in [5.41, 5.74) is 32.9. The third kappa shape index (κ3) is 12.3. The molecule has 7 heteroatoms. The smallest absolute Gasteiger partial charge is 0.252 e. The molecule has 13 aromatic carbocycles. The zero-order chi connectivity index (χ0) is 77.0. The van der Waals surface area contributed by atoms with Crippen molar-refractivity contribution in [3.8, 4) is 62.0 Å². The molecular weight excluding hydrogens is 1390 g/mol. The van der Waals surface area contributed by atoms with Gasteiger partial charge in [-0.1, -0.05) is 256 Å². The van der Waals surface area contributed by atoms with Crippen molar-refractivity contribution in [3.63, 3.8) is 0 Å². The van der Waals surface area contributed by atoms with Gasteiger partial charge in [0.05, 0.1) is 51.6 Å². The maximum absolute atomic E-state index is 11.4. The number of aromatic nitrogens is 2. The molecule has 4 heterocycles. The molecule has 2 aliphatic heterocycles. The number of hydrogen-bond acceptors (Lipinski definition) is 3. The van der Waals surface area contributed by atoms with E-state index in [2.05, 4.69) is 318 Å². The molecule has 4 fully saturated rings. The molecule has 0 radical (unpaired) electrons. The molecule has 0 N–H and O–H groups in total. The third-order valence-electron chi connectivity index (χ3n) is 27.6. The Bertz CT molecular complexity index is 5750. The van der Waals surface area contributed by atoms with Crippen LogP contribution in [-0.4, -0.2) is 15.8 Å². The SMILES string of the molecule is [C-]#[N+]c1cc(-c2ccccc2)c(N2c3cc(-n4c5ccc(C6CCCCC6)cc5c5cc(C6CCCCC6)ccc54)ccc3B3c4ccc(-n5c6ccc(C7CCCCC7)cc6c6cc(C7CCCCC7)ccc65)cc4N(c4c(-c5ccccc5)cc(C#N)cc4-c4ccccc4)c4cc(C(C)(C)C)cc2c43)c(-c2ccccc2)c1. The molecule has 6 aliphatic rings. The Hall–Kier alpha value is -11.9. The maximum atomic E-state index is 11.4. The van der Waals surface area contributed by atoms with Gasteiger partial charge in [0.2, 0.25) is 0 Å². The van der Waals surface area contributed by atoms with Crippen LogP contribution < -0.4 is 26.2 Å². The van der Waals surface area contributed by atoms with Crippen LogP contribution >= 0.6 is 0 Å². The lowest BCUT2D eigenvalue weighted by molar-refractivity contribution is 0.444. The Balaban J connectivity index is 0.893. The molecule has 0 atom stereocenters. The summed E-state index contributed by atoms with van der Waals surface area (Å²) in [6.07, 6.45) is 25.5. The average Bonchev–Trinajstić information content (AvgIpc) is 1.30. The van der Waals surface area contributed by atoms with Crippen LogP contribution in [0.25, 0.3) is 104 Å². The van der Waals surface area contributed by atoms with E-state index in [9.17, 15) is 5.26 Å². The van der Waals surface area contributed by atoms with Gasteiger partial charge in [-0.2, -0.15) is 5.26 Å². The monoisotopic (exact) mass is 1490 g/mol. The first-order valence-corrected chi connectivity index (χ1v) is 43.2. The number of fused-ring (bicyclic) bond motifs is 10. The van der Waals surface area contributed by atoms with Gasteiger partial charge in [-0.05, 0) is 267 Å². The van der Waals surface area contributed by atoms with Crippen molar-refractivity contribution in [1.82, 2.24) is 9.13 Å². The molecule has 21 rings (SSSR count). The Morgan fingerprint density at radius 3 is 0.957 bits per heavy atom. The Morgan fingerprint density at radius 2 is 0.661 bits per heavy atom. The van der Waals surface area contributed by atoms with Crippen molar-refractivity contribution in [1.29, 1.82) is 5.26 Å². The Labute approximate surface area is 678 Å². The van der Waals surface area contributed by atoms with Gasteiger partial charge in [-0.15, -0.1) is 0 Å². The molecule has 562 valence electrons. The summed E-state index contributed by atoms with van der Waals surface area (Å²) >= 11 is 0. The Morgan fingerprint density at radius 1 is 0.348 bits per heavy atom. The van der Waals surface area contributed by atoms with E-state index in [1.807, 2.05) is 0 Å². The minimum atomic E-state index is -0.387. The highest BCUT2D eigenvalue weighted by Gasteiger charge is 2.47. The number of anilines is 6. The van der Waals surface area contributed by atoms with E-state index >= 15 is 0 Å². The fourth-order valence-corrected chi connectivity index (χ4v) is 21.8. The van der Waals surface area contributed by atoms with Crippen LogP contribution in [-0.2, 0) is 5.41 Å². The van der Waals surface area contributed by atoms with Crippen LogP contribution in [0.1, 0.15) is 206 Å². The summed E-state index contributed by atoms with van der Waals surface area (Å²) < 4.78 is 5.21. The zero-order valence-electron chi connectivity index (χ0n) is 66.6. The fourth-order valence-electron chi connectivity index (χ4n) is 21.8. The molecule has 2 aromatic heterocycles. The van der Waals surface area contributed by atoms with Crippen molar-refractivity contribution in [3.05, 3.63) is 312 Å². The lowest BCUT2D eigenvalue weighted by atomic mass is 9.33. The maximum Gasteiger partial charge on any atom is 0.252 e. The van der Waals surface area contributed by atoms with Crippen molar-refractivity contribution in [2.45, 2.75) is 178 Å². The second-order valence-corrected chi connectivity index (χ2v) is 35.4. The normalized spacial score (nSPS) is 16.3. The number of benzene rings is 13. The fraction of sp³-hybridized carbons (Fsp3) is 0.259. The van der Waals surface area contributed by atoms with Crippen molar-refractivity contribution >= 4 is 107 Å². The standard InChI is InChI=1S/C108H97BN6/c1-108(2,3)83-63-103-105-104(64-83)115(107-89(77-41-25-11-26-42-77)65-84(111-4)66-90(107)78-43-27-12-28-44-78)102-68-86(113-99-55-47-81(73-33-17-7-18-34-73)61-93(99)94-62-82(48-56-100(94)113)74-35-19-8-20-36-74)50-52-96(102)109(105)95-51-49-85(67-101(95)114(103)106-87(75-37-21-9-22-38-75)57-70(69-110)58-88(106)76-39-23-10-24-40-76)112-97-53-45-79(71-29-13-5-14-30-71)59-91(97)92-60-80(46-54-98(92)112)72-31-15-6-16-32-72/h9-12,21-28,37-68,71-74H,5-8,13-20,29-36H2,1-3H3. The van der Waals surface area contributed by atoms with Crippen LogP contribution in [0.3, 0.4) is 0 Å². The van der Waals surface area contributed by atoms with Gasteiger partial charge in [-0.25, -0.2) is 4.85 Å². The molecule has 4 aliphatic carbocycles. The molecule has 115 heavy (non-hydrogen) atoms. The minimum absolute atomic E-state index is 0.301. The Kier molecular flexibility index (Phi) is 18.0. The molecule has 0 spiro atoms. The second kappa shape index (κ2) is 29.2. The van der Waals surface area contributed by atoms with Gasteiger partial charge in [0.15, 0.2) is 5.69 Å². The van der Waals surface area contributed by atoms with Crippen LogP contribution in [0, 0.1) is 17.9 Å². The average molecular weight is 1490 g/mol. The molecule has 6 nitrogen and oxygen atoms in total. The molecule has 0 bridgehead atoms. The van der Waals surface area contributed by atoms with Crippen LogP contribution in [0.5, 0.6) is 0 Å². The van der Waals surface area contributed by atoms with E-state index in [1.54, 1.807) is 0 Å². The summed E-state index contributed by atoms with van der Waals surface area (Å²) in [7, 11) is 0. The summed E-state index contributed by atoms with van der Waals surface area (Å²) in [5.74, 6) is 2.23. The van der Waals surface area contributed by atoms with E-state index < -0.39 is 0 Å². The number of nitriles is 1. The number of rotatable bonds is 12. The number of hydrogen-bond donors (Lipinski definition) is 0. The second-order valence-electron chi connectivity index (χ2n) is 35.4. The van der Waals surface area contributed by atoms with Gasteiger partial charge in [0, 0.05) is 66.8 Å². The van der Waals surface area contributed by atoms with Crippen molar-refractivity contribution in [2.75, 3.05) is 9.80 Å². The predicted octanol–water partition coefficient (Wildman–Crippen LogP) is 28.5. The topological polar surface area (TPSA) is 44.5 Å². The van der Waals surface area contributed by atoms with E-state index in [1.165, 1.54) is 216 Å². The molecule has 15 aromatic rings. The van der Waals surface area contributed by atoms with Gasteiger partial charge in [-0.3, -0.25) is 0 Å². The summed E-state index contributed by atoms with van der Waals surface area (Å²) in [4.78, 5) is 9.66. The van der Waals surface area contributed by atoms with Gasteiger partial charge in [0.25, 0.3) is 6.71 Å². The molecular formula is C108H97BN6. The third-order valence-corrected chi connectivity index (χ3v) is 27.6. The van der Waals surface area contributed by atoms with Gasteiger partial charge in [0.1, 0.15) is 0 Å². The number of nitrogens with zero attached hydrogens (tertiary/aromatic N) is 6. The first-order chi connectivity index (χ1) is 56.6. The summed E-state index contributed by atoms with van der Waals surface area (Å²) in [6.45, 7) is 15.8.